The van der Waals surface area contributed by atoms with Crippen LogP contribution < -0.4 is 0 Å². The van der Waals surface area contributed by atoms with Crippen LogP contribution in [0.15, 0.2) is 36.4 Å². The number of hydrogen-bond donors (Lipinski definition) is 2. The third-order valence-electron chi connectivity index (χ3n) is 8.45. The molecule has 1 aliphatic carbocycles. The van der Waals surface area contributed by atoms with Gasteiger partial charge in [0.15, 0.2) is 0 Å². The molecule has 0 spiro atoms. The summed E-state index contributed by atoms with van der Waals surface area (Å²) in [7, 11) is -2.35. The van der Waals surface area contributed by atoms with Crippen molar-refractivity contribution in [1.29, 1.82) is 0 Å². The Morgan fingerprint density at radius 3 is 1.29 bits per heavy atom. The van der Waals surface area contributed by atoms with Crippen molar-refractivity contribution in [3.05, 3.63) is 69.8 Å². The first-order valence-corrected chi connectivity index (χ1v) is 15.5. The fraction of sp³-hybridized carbons (Fsp3) is 0.647. The third kappa shape index (κ3) is 6.72. The van der Waals surface area contributed by atoms with E-state index in [0.29, 0.717) is 0 Å². The highest BCUT2D eigenvalue weighted by atomic mass is 31.2. The standard InChI is InChI=1S/C34H53O3P/c1-30(2,3)23-13-15-26(28(21-23)32(7,8)9)34(19-17-25(18-20-34)37-38(35)36)27-16-14-24(31(4,5)6)22-29(27)33(10,11)12/h13-16,21-22,25,35-36H,17-20H2,1-12H3. The van der Waals surface area contributed by atoms with Crippen molar-refractivity contribution in [3.8, 4) is 0 Å². The molecule has 212 valence electrons. The molecule has 0 radical (unpaired) electrons. The van der Waals surface area contributed by atoms with E-state index in [4.69, 9.17) is 4.52 Å². The van der Waals surface area contributed by atoms with Gasteiger partial charge in [0.05, 0.1) is 6.10 Å². The Bertz CT molecular complexity index is 1030. The summed E-state index contributed by atoms with van der Waals surface area (Å²) >= 11 is 0. The second kappa shape index (κ2) is 10.6. The Morgan fingerprint density at radius 1 is 0.632 bits per heavy atom. The molecule has 0 atom stereocenters. The highest BCUT2D eigenvalue weighted by molar-refractivity contribution is 7.39. The fourth-order valence-corrected chi connectivity index (χ4v) is 6.58. The topological polar surface area (TPSA) is 49.7 Å². The molecule has 0 unspecified atom stereocenters. The summed E-state index contributed by atoms with van der Waals surface area (Å²) in [6, 6.07) is 14.4. The molecule has 3 rings (SSSR count). The highest BCUT2D eigenvalue weighted by Gasteiger charge is 2.44. The van der Waals surface area contributed by atoms with E-state index < -0.39 is 8.60 Å². The molecular formula is C34H53O3P. The number of benzene rings is 2. The molecule has 1 fully saturated rings. The summed E-state index contributed by atoms with van der Waals surface area (Å²) in [4.78, 5) is 19.2. The molecule has 2 aromatic rings. The Hall–Kier alpha value is -1.25. The van der Waals surface area contributed by atoms with E-state index >= 15 is 0 Å². The molecule has 3 nitrogen and oxygen atoms in total. The predicted molar refractivity (Wildman–Crippen MR) is 163 cm³/mol. The van der Waals surface area contributed by atoms with E-state index in [1.807, 2.05) is 0 Å². The maximum Gasteiger partial charge on any atom is 0.327 e. The van der Waals surface area contributed by atoms with Crippen LogP contribution in [-0.4, -0.2) is 15.9 Å². The van der Waals surface area contributed by atoms with Crippen LogP contribution in [-0.2, 0) is 31.6 Å². The van der Waals surface area contributed by atoms with E-state index in [-0.39, 0.29) is 33.2 Å². The van der Waals surface area contributed by atoms with Crippen molar-refractivity contribution < 1.29 is 14.3 Å². The van der Waals surface area contributed by atoms with E-state index in [1.54, 1.807) is 0 Å². The van der Waals surface area contributed by atoms with E-state index in [0.717, 1.165) is 25.7 Å². The van der Waals surface area contributed by atoms with Gasteiger partial charge < -0.3 is 14.3 Å². The van der Waals surface area contributed by atoms with Crippen LogP contribution >= 0.6 is 8.60 Å². The van der Waals surface area contributed by atoms with Gasteiger partial charge in [0.1, 0.15) is 0 Å². The van der Waals surface area contributed by atoms with Gasteiger partial charge in [-0.2, -0.15) is 0 Å². The van der Waals surface area contributed by atoms with Gasteiger partial charge in [-0.3, -0.25) is 0 Å². The van der Waals surface area contributed by atoms with Crippen LogP contribution in [0.1, 0.15) is 142 Å². The van der Waals surface area contributed by atoms with Crippen molar-refractivity contribution in [2.75, 3.05) is 0 Å². The third-order valence-corrected chi connectivity index (χ3v) is 8.93. The lowest BCUT2D eigenvalue weighted by atomic mass is 9.58. The lowest BCUT2D eigenvalue weighted by Crippen LogP contribution is -2.39. The molecule has 1 aliphatic rings. The zero-order chi connectivity index (χ0) is 28.9. The van der Waals surface area contributed by atoms with Gasteiger partial charge in [0.25, 0.3) is 0 Å². The predicted octanol–water partition coefficient (Wildman–Crippen LogP) is 9.33. The average Bonchev–Trinajstić information content (AvgIpc) is 2.76. The summed E-state index contributed by atoms with van der Waals surface area (Å²) in [6.45, 7) is 27.7. The van der Waals surface area contributed by atoms with Gasteiger partial charge in [-0.05, 0) is 80.7 Å². The van der Waals surface area contributed by atoms with Crippen LogP contribution in [0.5, 0.6) is 0 Å². The van der Waals surface area contributed by atoms with Crippen LogP contribution in [0.4, 0.5) is 0 Å². The second-order valence-electron chi connectivity index (χ2n) is 15.7. The SMILES string of the molecule is CC(C)(C)c1ccc(C2(c3ccc(C(C)(C)C)cc3C(C)(C)C)CCC(OP(O)O)CC2)c(C(C)(C)C)c1. The minimum absolute atomic E-state index is 0.0191. The van der Waals surface area contributed by atoms with Crippen molar-refractivity contribution in [3.63, 3.8) is 0 Å². The van der Waals surface area contributed by atoms with Gasteiger partial charge in [0.2, 0.25) is 0 Å². The van der Waals surface area contributed by atoms with Crippen LogP contribution in [0.2, 0.25) is 0 Å². The fourth-order valence-electron chi connectivity index (χ4n) is 6.10. The lowest BCUT2D eigenvalue weighted by molar-refractivity contribution is 0.110. The summed E-state index contributed by atoms with van der Waals surface area (Å²) in [5.41, 5.74) is 8.32. The maximum atomic E-state index is 9.58. The van der Waals surface area contributed by atoms with Crippen molar-refractivity contribution in [2.45, 2.75) is 142 Å². The molecule has 2 N–H and O–H groups in total. The Kier molecular flexibility index (Phi) is 8.74. The normalized spacial score (nSPS) is 17.8. The molecule has 38 heavy (non-hydrogen) atoms. The lowest BCUT2D eigenvalue weighted by Gasteiger charge is -2.46. The van der Waals surface area contributed by atoms with Gasteiger partial charge in [-0.1, -0.05) is 119 Å². The highest BCUT2D eigenvalue weighted by Crippen LogP contribution is 2.52. The minimum Gasteiger partial charge on any atom is -0.328 e. The van der Waals surface area contributed by atoms with Crippen molar-refractivity contribution in [1.82, 2.24) is 0 Å². The molecular weight excluding hydrogens is 487 g/mol. The van der Waals surface area contributed by atoms with Crippen LogP contribution in [0.25, 0.3) is 0 Å². The first kappa shape index (κ1) is 31.3. The molecule has 0 aliphatic heterocycles. The Balaban J connectivity index is 2.35. The molecule has 4 heteroatoms. The van der Waals surface area contributed by atoms with Crippen LogP contribution in [0.3, 0.4) is 0 Å². The molecule has 0 amide bonds. The van der Waals surface area contributed by atoms with Gasteiger partial charge in [0, 0.05) is 5.41 Å². The monoisotopic (exact) mass is 540 g/mol. The van der Waals surface area contributed by atoms with Gasteiger partial charge in [-0.25, -0.2) is 0 Å². The quantitative estimate of drug-likeness (QED) is 0.380. The van der Waals surface area contributed by atoms with E-state index in [1.165, 1.54) is 33.4 Å². The van der Waals surface area contributed by atoms with E-state index in [9.17, 15) is 9.79 Å². The smallest absolute Gasteiger partial charge is 0.327 e. The largest absolute Gasteiger partial charge is 0.328 e. The van der Waals surface area contributed by atoms with E-state index in [2.05, 4.69) is 119 Å². The summed E-state index contributed by atoms with van der Waals surface area (Å²) in [5, 5.41) is 0. The van der Waals surface area contributed by atoms with Crippen LogP contribution in [0, 0.1) is 0 Å². The second-order valence-corrected chi connectivity index (χ2v) is 16.4. The molecule has 2 aromatic carbocycles. The Morgan fingerprint density at radius 2 is 1.00 bits per heavy atom. The molecule has 0 aromatic heterocycles. The number of rotatable bonds is 4. The minimum atomic E-state index is -2.35. The Labute approximate surface area is 234 Å². The summed E-state index contributed by atoms with van der Waals surface area (Å²) < 4.78 is 5.55. The number of hydrogen-bond acceptors (Lipinski definition) is 3. The van der Waals surface area contributed by atoms with Crippen molar-refractivity contribution in [2.24, 2.45) is 0 Å². The molecule has 0 heterocycles. The molecule has 0 bridgehead atoms. The van der Waals surface area contributed by atoms with Gasteiger partial charge >= 0.3 is 8.60 Å². The zero-order valence-electron chi connectivity index (χ0n) is 26.1. The molecule has 1 saturated carbocycles. The first-order chi connectivity index (χ1) is 17.2. The summed E-state index contributed by atoms with van der Waals surface area (Å²) in [6.07, 6.45) is 3.31. The first-order valence-electron chi connectivity index (χ1n) is 14.3. The molecule has 0 saturated heterocycles. The maximum absolute atomic E-state index is 9.58. The zero-order valence-corrected chi connectivity index (χ0v) is 27.0. The van der Waals surface area contributed by atoms with Crippen molar-refractivity contribution >= 4 is 8.60 Å². The summed E-state index contributed by atoms with van der Waals surface area (Å²) in [5.74, 6) is 0. The van der Waals surface area contributed by atoms with Gasteiger partial charge in [-0.15, -0.1) is 0 Å². The average molecular weight is 541 g/mol.